The molecule has 0 aliphatic rings. The van der Waals surface area contributed by atoms with Crippen molar-refractivity contribution in [3.63, 3.8) is 0 Å². The zero-order chi connectivity index (χ0) is 18.8. The Morgan fingerprint density at radius 2 is 2.04 bits per heavy atom. The van der Waals surface area contributed by atoms with Crippen molar-refractivity contribution in [2.75, 3.05) is 0 Å². The van der Waals surface area contributed by atoms with Gasteiger partial charge in [-0.2, -0.15) is 4.68 Å². The second-order valence-electron chi connectivity index (χ2n) is 7.58. The number of halogens is 1. The van der Waals surface area contributed by atoms with E-state index < -0.39 is 17.3 Å². The van der Waals surface area contributed by atoms with Gasteiger partial charge in [0.2, 0.25) is 0 Å². The lowest BCUT2D eigenvalue weighted by atomic mass is 9.76. The number of nitrogens with two attached hydrogens (primary N) is 1. The maximum Gasteiger partial charge on any atom is 0.331 e. The van der Waals surface area contributed by atoms with Crippen LogP contribution >= 0.6 is 0 Å². The summed E-state index contributed by atoms with van der Waals surface area (Å²) in [6, 6.07) is 4.34. The molecule has 0 fully saturated rings. The van der Waals surface area contributed by atoms with Gasteiger partial charge in [0, 0.05) is 0 Å². The molecule has 0 bridgehead atoms. The van der Waals surface area contributed by atoms with Gasteiger partial charge in [0.25, 0.3) is 0 Å². The van der Waals surface area contributed by atoms with E-state index >= 15 is 0 Å². The third-order valence-corrected chi connectivity index (χ3v) is 3.57. The van der Waals surface area contributed by atoms with Crippen molar-refractivity contribution in [2.24, 2.45) is 11.1 Å². The first-order valence-corrected chi connectivity index (χ1v) is 8.06. The van der Waals surface area contributed by atoms with E-state index in [4.69, 9.17) is 10.5 Å². The third-order valence-electron chi connectivity index (χ3n) is 3.57. The molecule has 0 aliphatic carbocycles. The number of carbonyl (C=O) groups excluding carboxylic acids is 1. The van der Waals surface area contributed by atoms with Gasteiger partial charge in [-0.1, -0.05) is 26.8 Å². The zero-order valence-corrected chi connectivity index (χ0v) is 15.2. The number of ether oxygens (including phenoxy) is 1. The molecule has 0 saturated heterocycles. The van der Waals surface area contributed by atoms with Crippen LogP contribution in [-0.4, -0.2) is 32.3 Å². The van der Waals surface area contributed by atoms with Crippen molar-refractivity contribution in [1.82, 2.24) is 20.2 Å². The lowest BCUT2D eigenvalue weighted by Crippen LogP contribution is -2.49. The van der Waals surface area contributed by atoms with Crippen LogP contribution in [0.4, 0.5) is 4.39 Å². The number of rotatable bonds is 5. The van der Waals surface area contributed by atoms with Crippen molar-refractivity contribution < 1.29 is 13.9 Å². The molecule has 0 amide bonds. The second-order valence-corrected chi connectivity index (χ2v) is 7.58. The first-order valence-electron chi connectivity index (χ1n) is 8.06. The molecule has 8 heteroatoms. The van der Waals surface area contributed by atoms with E-state index in [2.05, 4.69) is 15.5 Å². The van der Waals surface area contributed by atoms with Crippen LogP contribution in [0.5, 0.6) is 0 Å². The van der Waals surface area contributed by atoms with E-state index in [0.717, 1.165) is 0 Å². The highest BCUT2D eigenvalue weighted by molar-refractivity contribution is 5.82. The summed E-state index contributed by atoms with van der Waals surface area (Å²) in [4.78, 5) is 12.7. The van der Waals surface area contributed by atoms with Gasteiger partial charge in [-0.25, -0.2) is 9.18 Å². The number of hydrogen-bond donors (Lipinski definition) is 1. The number of hydrogen-bond acceptors (Lipinski definition) is 6. The van der Waals surface area contributed by atoms with Crippen molar-refractivity contribution in [3.8, 4) is 5.69 Å². The minimum Gasteiger partial charge on any atom is -0.461 e. The minimum absolute atomic E-state index is 0.170. The van der Waals surface area contributed by atoms with Gasteiger partial charge in [-0.15, -0.1) is 5.10 Å². The van der Waals surface area contributed by atoms with E-state index in [-0.39, 0.29) is 17.2 Å². The Morgan fingerprint density at radius 3 is 2.52 bits per heavy atom. The van der Waals surface area contributed by atoms with Crippen molar-refractivity contribution in [2.45, 2.75) is 52.7 Å². The molecule has 2 aromatic rings. The standard InChI is InChI=1S/C17H24FN5O2/c1-11(2)25-15(24)17(19,9-16(3,4)5)12-6-7-14(13(18)8-12)23-10-20-21-22-23/h6-8,10-11H,9,19H2,1-5H3. The number of nitrogens with zero attached hydrogens (tertiary/aromatic N) is 4. The molecule has 25 heavy (non-hydrogen) atoms. The fraction of sp³-hybridized carbons (Fsp3) is 0.529. The Balaban J connectivity index is 2.47. The average Bonchev–Trinajstić information content (AvgIpc) is 2.98. The minimum atomic E-state index is -1.46. The zero-order valence-electron chi connectivity index (χ0n) is 15.2. The molecule has 7 nitrogen and oxygen atoms in total. The molecule has 0 saturated carbocycles. The monoisotopic (exact) mass is 349 g/mol. The van der Waals surface area contributed by atoms with Gasteiger partial charge in [-0.3, -0.25) is 0 Å². The molecule has 1 atom stereocenters. The van der Waals surface area contributed by atoms with Crippen LogP contribution in [0.15, 0.2) is 24.5 Å². The summed E-state index contributed by atoms with van der Waals surface area (Å²) in [5.41, 5.74) is 5.24. The van der Waals surface area contributed by atoms with Gasteiger partial charge < -0.3 is 10.5 Å². The number of benzene rings is 1. The summed E-state index contributed by atoms with van der Waals surface area (Å²) in [6.45, 7) is 9.38. The molecule has 2 N–H and O–H groups in total. The normalized spacial score (nSPS) is 14.4. The summed E-state index contributed by atoms with van der Waals surface area (Å²) in [5, 5.41) is 10.6. The van der Waals surface area contributed by atoms with Gasteiger partial charge in [0.1, 0.15) is 23.4 Å². The highest BCUT2D eigenvalue weighted by atomic mass is 19.1. The lowest BCUT2D eigenvalue weighted by Gasteiger charge is -2.34. The molecule has 2 rings (SSSR count). The summed E-state index contributed by atoms with van der Waals surface area (Å²) in [7, 11) is 0. The highest BCUT2D eigenvalue weighted by Gasteiger charge is 2.42. The first-order chi connectivity index (χ1) is 11.5. The summed E-state index contributed by atoms with van der Waals surface area (Å²) >= 11 is 0. The molecule has 1 heterocycles. The molecule has 0 aliphatic heterocycles. The maximum atomic E-state index is 14.6. The first kappa shape index (κ1) is 19.0. The molecule has 0 spiro atoms. The number of esters is 1. The smallest absolute Gasteiger partial charge is 0.331 e. The van der Waals surface area contributed by atoms with Crippen molar-refractivity contribution in [1.29, 1.82) is 0 Å². The fourth-order valence-electron chi connectivity index (χ4n) is 2.69. The Morgan fingerprint density at radius 1 is 1.36 bits per heavy atom. The van der Waals surface area contributed by atoms with Gasteiger partial charge in [0.15, 0.2) is 0 Å². The SMILES string of the molecule is CC(C)OC(=O)C(N)(CC(C)(C)C)c1ccc(-n2cnnn2)c(F)c1. The molecule has 1 aromatic carbocycles. The predicted octanol–water partition coefficient (Wildman–Crippen LogP) is 2.34. The lowest BCUT2D eigenvalue weighted by molar-refractivity contribution is -0.156. The van der Waals surface area contributed by atoms with E-state index in [1.807, 2.05) is 20.8 Å². The van der Waals surface area contributed by atoms with Gasteiger partial charge in [-0.05, 0) is 53.8 Å². The average molecular weight is 349 g/mol. The van der Waals surface area contributed by atoms with Gasteiger partial charge in [0.05, 0.1) is 6.10 Å². The Kier molecular flexibility index (Phi) is 5.22. The number of tetrazole rings is 1. The molecule has 1 unspecified atom stereocenters. The van der Waals surface area contributed by atoms with Crippen LogP contribution in [0.2, 0.25) is 0 Å². The largest absolute Gasteiger partial charge is 0.461 e. The second kappa shape index (κ2) is 6.87. The van der Waals surface area contributed by atoms with E-state index in [1.165, 1.54) is 23.1 Å². The Labute approximate surface area is 146 Å². The Bertz CT molecular complexity index is 740. The predicted molar refractivity (Wildman–Crippen MR) is 90.3 cm³/mol. The number of aromatic nitrogens is 4. The Hall–Kier alpha value is -2.35. The molecule has 0 radical (unpaired) electrons. The fourth-order valence-corrected chi connectivity index (χ4v) is 2.69. The third kappa shape index (κ3) is 4.39. The van der Waals surface area contributed by atoms with Crippen molar-refractivity contribution >= 4 is 5.97 Å². The molecular weight excluding hydrogens is 325 g/mol. The van der Waals surface area contributed by atoms with Crippen LogP contribution in [-0.2, 0) is 15.1 Å². The van der Waals surface area contributed by atoms with Crippen LogP contribution in [0.25, 0.3) is 5.69 Å². The van der Waals surface area contributed by atoms with Crippen molar-refractivity contribution in [3.05, 3.63) is 35.9 Å². The summed E-state index contributed by atoms with van der Waals surface area (Å²) in [6.07, 6.45) is 1.27. The van der Waals surface area contributed by atoms with Crippen LogP contribution < -0.4 is 5.73 Å². The van der Waals surface area contributed by atoms with Crippen LogP contribution in [0.1, 0.15) is 46.6 Å². The van der Waals surface area contributed by atoms with E-state index in [1.54, 1.807) is 19.9 Å². The topological polar surface area (TPSA) is 95.9 Å². The number of carbonyl (C=O) groups is 1. The maximum absolute atomic E-state index is 14.6. The van der Waals surface area contributed by atoms with E-state index in [0.29, 0.717) is 12.0 Å². The van der Waals surface area contributed by atoms with Crippen LogP contribution in [0.3, 0.4) is 0 Å². The summed E-state index contributed by atoms with van der Waals surface area (Å²) in [5.74, 6) is -1.15. The van der Waals surface area contributed by atoms with Gasteiger partial charge >= 0.3 is 5.97 Å². The molecule has 1 aromatic heterocycles. The van der Waals surface area contributed by atoms with Crippen LogP contribution in [0, 0.1) is 11.2 Å². The summed E-state index contributed by atoms with van der Waals surface area (Å²) < 4.78 is 21.1. The molecule has 136 valence electrons. The molecular formula is C17H24FN5O2. The quantitative estimate of drug-likeness (QED) is 0.833. The van der Waals surface area contributed by atoms with E-state index in [9.17, 15) is 9.18 Å². The highest BCUT2D eigenvalue weighted by Crippen LogP contribution is 2.35.